The number of benzene rings is 1. The van der Waals surface area contributed by atoms with Crippen molar-refractivity contribution in [3.8, 4) is 5.88 Å². The molecule has 0 amide bonds. The molecule has 0 spiro atoms. The zero-order chi connectivity index (χ0) is 14.7. The maximum atomic E-state index is 5.88. The molecular weight excluding hydrogens is 306 g/mol. The quantitative estimate of drug-likeness (QED) is 0.759. The molecule has 3 aromatic rings. The number of nitrogens with zero attached hydrogens (tertiary/aromatic N) is 2. The minimum atomic E-state index is 0.449. The zero-order valence-corrected chi connectivity index (χ0v) is 13.0. The summed E-state index contributed by atoms with van der Waals surface area (Å²) in [5, 5.41) is 6.77. The number of halogens is 1. The number of thiophene rings is 1. The lowest BCUT2D eigenvalue weighted by Crippen LogP contribution is -2.04. The Morgan fingerprint density at radius 2 is 2.00 bits per heavy atom. The fraction of sp³-hybridized carbons (Fsp3) is 0.200. The van der Waals surface area contributed by atoms with E-state index < -0.39 is 0 Å². The van der Waals surface area contributed by atoms with Crippen molar-refractivity contribution in [1.82, 2.24) is 9.97 Å². The Bertz CT molecular complexity index is 742. The monoisotopic (exact) mass is 319 g/mol. The van der Waals surface area contributed by atoms with Crippen molar-refractivity contribution in [2.75, 3.05) is 11.9 Å². The normalized spacial score (nSPS) is 10.8. The molecular formula is C15H14ClN3OS. The molecule has 108 valence electrons. The molecule has 0 bridgehead atoms. The molecule has 21 heavy (non-hydrogen) atoms. The smallest absolute Gasteiger partial charge is 0.227 e. The number of aromatic nitrogens is 2. The van der Waals surface area contributed by atoms with Gasteiger partial charge in [-0.2, -0.15) is 4.98 Å². The van der Waals surface area contributed by atoms with Crippen LogP contribution in [0.15, 0.2) is 35.7 Å². The molecule has 4 nitrogen and oxygen atoms in total. The van der Waals surface area contributed by atoms with Gasteiger partial charge in [0.1, 0.15) is 11.4 Å². The largest absolute Gasteiger partial charge is 0.472 e. The van der Waals surface area contributed by atoms with Crippen molar-refractivity contribution in [3.05, 3.63) is 46.3 Å². The number of anilines is 1. The molecule has 1 N–H and O–H groups in total. The first-order valence-electron chi connectivity index (χ1n) is 6.62. The molecule has 0 saturated heterocycles. The molecule has 0 unspecified atom stereocenters. The molecule has 0 aliphatic carbocycles. The summed E-state index contributed by atoms with van der Waals surface area (Å²) in [5.41, 5.74) is 1.05. The first kappa shape index (κ1) is 14.1. The lowest BCUT2D eigenvalue weighted by atomic mass is 10.2. The first-order valence-corrected chi connectivity index (χ1v) is 7.88. The fourth-order valence-electron chi connectivity index (χ4n) is 1.91. The van der Waals surface area contributed by atoms with Crippen LogP contribution in [-0.4, -0.2) is 16.5 Å². The van der Waals surface area contributed by atoms with Crippen LogP contribution in [-0.2, 0) is 6.61 Å². The van der Waals surface area contributed by atoms with E-state index in [4.69, 9.17) is 16.3 Å². The molecule has 0 aliphatic heterocycles. The molecule has 2 aromatic heterocycles. The van der Waals surface area contributed by atoms with E-state index in [0.717, 1.165) is 27.3 Å². The van der Waals surface area contributed by atoms with Gasteiger partial charge < -0.3 is 10.1 Å². The number of fused-ring (bicyclic) bond motifs is 1. The molecule has 0 aliphatic rings. The minimum Gasteiger partial charge on any atom is -0.472 e. The predicted molar refractivity (Wildman–Crippen MR) is 87.4 cm³/mol. The van der Waals surface area contributed by atoms with E-state index in [2.05, 4.69) is 15.3 Å². The number of hydrogen-bond donors (Lipinski definition) is 1. The molecule has 1 aromatic carbocycles. The highest BCUT2D eigenvalue weighted by Crippen LogP contribution is 2.28. The second kappa shape index (κ2) is 6.28. The van der Waals surface area contributed by atoms with Gasteiger partial charge in [-0.1, -0.05) is 23.7 Å². The molecule has 6 heteroatoms. The highest BCUT2D eigenvalue weighted by molar-refractivity contribution is 7.16. The second-order valence-electron chi connectivity index (χ2n) is 4.44. The lowest BCUT2D eigenvalue weighted by molar-refractivity contribution is 0.298. The van der Waals surface area contributed by atoms with Gasteiger partial charge >= 0.3 is 0 Å². The Hall–Kier alpha value is -1.85. The average molecular weight is 320 g/mol. The topological polar surface area (TPSA) is 47.0 Å². The van der Waals surface area contributed by atoms with Gasteiger partial charge in [0.15, 0.2) is 0 Å². The van der Waals surface area contributed by atoms with Crippen molar-refractivity contribution < 1.29 is 4.74 Å². The van der Waals surface area contributed by atoms with Crippen LogP contribution in [0.1, 0.15) is 12.5 Å². The number of hydrogen-bond acceptors (Lipinski definition) is 5. The van der Waals surface area contributed by atoms with Gasteiger partial charge in [-0.05, 0) is 36.1 Å². The van der Waals surface area contributed by atoms with Crippen LogP contribution in [0.2, 0.25) is 5.02 Å². The van der Waals surface area contributed by atoms with Crippen molar-refractivity contribution in [3.63, 3.8) is 0 Å². The van der Waals surface area contributed by atoms with E-state index >= 15 is 0 Å². The van der Waals surface area contributed by atoms with Crippen LogP contribution in [0.3, 0.4) is 0 Å². The third-order valence-corrected chi connectivity index (χ3v) is 3.97. The van der Waals surface area contributed by atoms with Gasteiger partial charge in [0.2, 0.25) is 11.8 Å². The zero-order valence-electron chi connectivity index (χ0n) is 11.5. The van der Waals surface area contributed by atoms with E-state index in [-0.39, 0.29) is 0 Å². The van der Waals surface area contributed by atoms with E-state index in [1.165, 1.54) is 0 Å². The average Bonchev–Trinajstić information content (AvgIpc) is 2.95. The van der Waals surface area contributed by atoms with Crippen LogP contribution < -0.4 is 10.1 Å². The fourth-order valence-corrected chi connectivity index (χ4v) is 2.79. The molecule has 2 heterocycles. The Labute approximate surface area is 131 Å². The Morgan fingerprint density at radius 1 is 1.19 bits per heavy atom. The van der Waals surface area contributed by atoms with Crippen LogP contribution in [0.5, 0.6) is 5.88 Å². The molecule has 0 radical (unpaired) electrons. The number of rotatable bonds is 5. The van der Waals surface area contributed by atoms with Gasteiger partial charge in [-0.3, -0.25) is 0 Å². The minimum absolute atomic E-state index is 0.449. The maximum absolute atomic E-state index is 5.88. The lowest BCUT2D eigenvalue weighted by Gasteiger charge is -2.09. The van der Waals surface area contributed by atoms with E-state index in [0.29, 0.717) is 18.4 Å². The predicted octanol–water partition coefficient (Wildman–Crippen LogP) is 4.36. The van der Waals surface area contributed by atoms with E-state index in [1.807, 2.05) is 42.6 Å². The van der Waals surface area contributed by atoms with Gasteiger partial charge in [0.05, 0.1) is 5.39 Å². The van der Waals surface area contributed by atoms with Crippen LogP contribution in [0.25, 0.3) is 10.2 Å². The summed E-state index contributed by atoms with van der Waals surface area (Å²) in [7, 11) is 0. The summed E-state index contributed by atoms with van der Waals surface area (Å²) >= 11 is 7.46. The Kier molecular flexibility index (Phi) is 4.22. The highest BCUT2D eigenvalue weighted by Gasteiger charge is 2.10. The summed E-state index contributed by atoms with van der Waals surface area (Å²) in [5.74, 6) is 1.20. The summed E-state index contributed by atoms with van der Waals surface area (Å²) in [6.07, 6.45) is 0. The van der Waals surface area contributed by atoms with Crippen LogP contribution in [0.4, 0.5) is 5.95 Å². The first-order chi connectivity index (χ1) is 10.3. The number of nitrogens with one attached hydrogen (secondary N) is 1. The van der Waals surface area contributed by atoms with Gasteiger partial charge in [-0.25, -0.2) is 4.98 Å². The maximum Gasteiger partial charge on any atom is 0.227 e. The van der Waals surface area contributed by atoms with Crippen molar-refractivity contribution in [2.45, 2.75) is 13.5 Å². The van der Waals surface area contributed by atoms with Crippen molar-refractivity contribution in [2.24, 2.45) is 0 Å². The van der Waals surface area contributed by atoms with Crippen LogP contribution in [0, 0.1) is 0 Å². The van der Waals surface area contributed by atoms with Crippen LogP contribution >= 0.6 is 22.9 Å². The van der Waals surface area contributed by atoms with E-state index in [1.54, 1.807) is 11.3 Å². The summed E-state index contributed by atoms with van der Waals surface area (Å²) in [6, 6.07) is 9.57. The third kappa shape index (κ3) is 3.25. The molecule has 0 fully saturated rings. The summed E-state index contributed by atoms with van der Waals surface area (Å²) in [4.78, 5) is 9.81. The SMILES string of the molecule is CCNc1nc(OCc2ccc(Cl)cc2)c2ccsc2n1. The molecule has 0 saturated carbocycles. The highest BCUT2D eigenvalue weighted by atomic mass is 35.5. The molecule has 3 rings (SSSR count). The van der Waals surface area contributed by atoms with Gasteiger partial charge in [-0.15, -0.1) is 11.3 Å². The second-order valence-corrected chi connectivity index (χ2v) is 5.77. The van der Waals surface area contributed by atoms with Gasteiger partial charge in [0, 0.05) is 11.6 Å². The standard InChI is InChI=1S/C15H14ClN3OS/c1-2-17-15-18-13(12-7-8-21-14(12)19-15)20-9-10-3-5-11(16)6-4-10/h3-8H,2,9H2,1H3,(H,17,18,19). The van der Waals surface area contributed by atoms with Crippen molar-refractivity contribution >= 4 is 39.1 Å². The number of ether oxygens (including phenoxy) is 1. The molecule has 0 atom stereocenters. The third-order valence-electron chi connectivity index (χ3n) is 2.91. The Balaban J connectivity index is 1.84. The van der Waals surface area contributed by atoms with Crippen molar-refractivity contribution in [1.29, 1.82) is 0 Å². The summed E-state index contributed by atoms with van der Waals surface area (Å²) in [6.45, 7) is 3.23. The van der Waals surface area contributed by atoms with Gasteiger partial charge in [0.25, 0.3) is 0 Å². The summed E-state index contributed by atoms with van der Waals surface area (Å²) < 4.78 is 5.86. The Morgan fingerprint density at radius 3 is 2.76 bits per heavy atom. The van der Waals surface area contributed by atoms with E-state index in [9.17, 15) is 0 Å².